The lowest BCUT2D eigenvalue weighted by atomic mass is 9.96. The summed E-state index contributed by atoms with van der Waals surface area (Å²) in [5, 5.41) is 5.56. The Morgan fingerprint density at radius 3 is 2.48 bits per heavy atom. The Balaban J connectivity index is 1.72. The van der Waals surface area contributed by atoms with Crippen LogP contribution in [0.2, 0.25) is 0 Å². The number of anilines is 3. The van der Waals surface area contributed by atoms with Crippen molar-refractivity contribution in [3.8, 4) is 0 Å². The third kappa shape index (κ3) is 4.83. The van der Waals surface area contributed by atoms with Gasteiger partial charge in [0.05, 0.1) is 5.92 Å². The van der Waals surface area contributed by atoms with Crippen LogP contribution in [-0.4, -0.2) is 24.3 Å². The van der Waals surface area contributed by atoms with Crippen molar-refractivity contribution in [1.82, 2.24) is 0 Å². The van der Waals surface area contributed by atoms with Crippen molar-refractivity contribution < 1.29 is 14.4 Å². The Morgan fingerprint density at radius 1 is 1.10 bits per heavy atom. The predicted octanol–water partition coefficient (Wildman–Crippen LogP) is 4.15. The maximum atomic E-state index is 12.8. The van der Waals surface area contributed by atoms with E-state index < -0.39 is 5.92 Å². The van der Waals surface area contributed by atoms with Crippen LogP contribution in [0.4, 0.5) is 17.1 Å². The smallest absolute Gasteiger partial charge is 0.229 e. The normalized spacial score (nSPS) is 17.1. The molecule has 1 aliphatic heterocycles. The molecular weight excluding hydrogens is 366 g/mol. The molecule has 3 rings (SSSR count). The molecule has 6 nitrogen and oxygen atoms in total. The molecule has 0 saturated carbocycles. The zero-order valence-corrected chi connectivity index (χ0v) is 17.1. The topological polar surface area (TPSA) is 78.5 Å². The van der Waals surface area contributed by atoms with Gasteiger partial charge >= 0.3 is 0 Å². The Bertz CT molecular complexity index is 925. The van der Waals surface area contributed by atoms with E-state index in [9.17, 15) is 14.4 Å². The van der Waals surface area contributed by atoms with E-state index in [2.05, 4.69) is 30.5 Å². The summed E-state index contributed by atoms with van der Waals surface area (Å²) in [6.45, 7) is 6.06. The molecule has 1 saturated heterocycles. The number of nitrogens with one attached hydrogen (secondary N) is 2. The summed E-state index contributed by atoms with van der Waals surface area (Å²) in [4.78, 5) is 38.4. The molecule has 3 amide bonds. The standard InChI is InChI=1S/C23H27N3O3/c1-4-15(2)20-10-5-6-11-21(20)26-14-17(12-22(26)28)23(29)25-19-9-7-8-18(13-19)24-16(3)27/h5-11,13,15,17H,4,12,14H2,1-3H3,(H,24,27)(H,25,29). The fraction of sp³-hybridized carbons (Fsp3) is 0.348. The summed E-state index contributed by atoms with van der Waals surface area (Å²) in [6.07, 6.45) is 1.17. The van der Waals surface area contributed by atoms with Crippen LogP contribution in [0.15, 0.2) is 48.5 Å². The van der Waals surface area contributed by atoms with Crippen molar-refractivity contribution in [3.05, 3.63) is 54.1 Å². The fourth-order valence-electron chi connectivity index (χ4n) is 3.61. The van der Waals surface area contributed by atoms with E-state index >= 15 is 0 Å². The van der Waals surface area contributed by atoms with E-state index in [1.54, 1.807) is 29.2 Å². The molecule has 2 aromatic carbocycles. The van der Waals surface area contributed by atoms with Gasteiger partial charge in [-0.25, -0.2) is 0 Å². The minimum absolute atomic E-state index is 0.0344. The second-order valence-corrected chi connectivity index (χ2v) is 7.52. The van der Waals surface area contributed by atoms with Crippen LogP contribution >= 0.6 is 0 Å². The summed E-state index contributed by atoms with van der Waals surface area (Å²) < 4.78 is 0. The molecule has 0 spiro atoms. The van der Waals surface area contributed by atoms with Crippen molar-refractivity contribution in [3.63, 3.8) is 0 Å². The molecule has 0 radical (unpaired) electrons. The van der Waals surface area contributed by atoms with Crippen molar-refractivity contribution >= 4 is 34.8 Å². The monoisotopic (exact) mass is 393 g/mol. The lowest BCUT2D eigenvalue weighted by molar-refractivity contribution is -0.122. The lowest BCUT2D eigenvalue weighted by Crippen LogP contribution is -2.29. The van der Waals surface area contributed by atoms with Gasteiger partial charge in [0.15, 0.2) is 0 Å². The zero-order valence-electron chi connectivity index (χ0n) is 17.1. The molecule has 6 heteroatoms. The number of benzene rings is 2. The van der Waals surface area contributed by atoms with Gasteiger partial charge in [0.2, 0.25) is 17.7 Å². The maximum absolute atomic E-state index is 12.8. The van der Waals surface area contributed by atoms with Crippen molar-refractivity contribution in [2.45, 2.75) is 39.5 Å². The number of hydrogen-bond donors (Lipinski definition) is 2. The average molecular weight is 393 g/mol. The van der Waals surface area contributed by atoms with E-state index in [-0.39, 0.29) is 24.1 Å². The van der Waals surface area contributed by atoms with Crippen molar-refractivity contribution in [1.29, 1.82) is 0 Å². The van der Waals surface area contributed by atoms with Gasteiger partial charge in [-0.05, 0) is 42.2 Å². The number of nitrogens with zero attached hydrogens (tertiary/aromatic N) is 1. The molecule has 2 unspecified atom stereocenters. The first-order valence-corrected chi connectivity index (χ1v) is 9.96. The second-order valence-electron chi connectivity index (χ2n) is 7.52. The Kier molecular flexibility index (Phi) is 6.32. The van der Waals surface area contributed by atoms with E-state index in [4.69, 9.17) is 0 Å². The molecule has 0 bridgehead atoms. The number of para-hydroxylation sites is 1. The molecule has 29 heavy (non-hydrogen) atoms. The van der Waals surface area contributed by atoms with E-state index in [0.29, 0.717) is 23.8 Å². The fourth-order valence-corrected chi connectivity index (χ4v) is 3.61. The third-order valence-electron chi connectivity index (χ3n) is 5.32. The third-order valence-corrected chi connectivity index (χ3v) is 5.32. The molecule has 0 aromatic heterocycles. The van der Waals surface area contributed by atoms with Gasteiger partial charge in [-0.2, -0.15) is 0 Å². The average Bonchev–Trinajstić information content (AvgIpc) is 3.09. The molecule has 152 valence electrons. The van der Waals surface area contributed by atoms with Crippen LogP contribution in [0.25, 0.3) is 0 Å². The summed E-state index contributed by atoms with van der Waals surface area (Å²) >= 11 is 0. The Hall–Kier alpha value is -3.15. The van der Waals surface area contributed by atoms with Crippen LogP contribution in [0.5, 0.6) is 0 Å². The number of carbonyl (C=O) groups excluding carboxylic acids is 3. The highest BCUT2D eigenvalue weighted by Gasteiger charge is 2.36. The summed E-state index contributed by atoms with van der Waals surface area (Å²) in [5.74, 6) is -0.486. The van der Waals surface area contributed by atoms with E-state index in [1.165, 1.54) is 6.92 Å². The summed E-state index contributed by atoms with van der Waals surface area (Å²) in [7, 11) is 0. The predicted molar refractivity (Wildman–Crippen MR) is 115 cm³/mol. The minimum Gasteiger partial charge on any atom is -0.326 e. The Labute approximate surface area is 171 Å². The molecule has 2 aromatic rings. The van der Waals surface area contributed by atoms with Gasteiger partial charge in [-0.3, -0.25) is 14.4 Å². The van der Waals surface area contributed by atoms with Crippen LogP contribution < -0.4 is 15.5 Å². The first kappa shape index (κ1) is 20.6. The molecule has 1 fully saturated rings. The molecular formula is C23H27N3O3. The molecule has 2 atom stereocenters. The molecule has 0 aliphatic carbocycles. The quantitative estimate of drug-likeness (QED) is 0.774. The highest BCUT2D eigenvalue weighted by molar-refractivity contribution is 6.04. The van der Waals surface area contributed by atoms with Gasteiger partial charge in [-0.15, -0.1) is 0 Å². The maximum Gasteiger partial charge on any atom is 0.229 e. The highest BCUT2D eigenvalue weighted by Crippen LogP contribution is 2.33. The number of carbonyl (C=O) groups is 3. The molecule has 1 aliphatic rings. The molecule has 2 N–H and O–H groups in total. The SMILES string of the molecule is CCC(C)c1ccccc1N1CC(C(=O)Nc2cccc(NC(C)=O)c2)CC1=O. The number of hydrogen-bond acceptors (Lipinski definition) is 3. The van der Waals surface area contributed by atoms with Crippen molar-refractivity contribution in [2.24, 2.45) is 5.92 Å². The summed E-state index contributed by atoms with van der Waals surface area (Å²) in [5.41, 5.74) is 3.23. The van der Waals surface area contributed by atoms with Crippen LogP contribution in [0.1, 0.15) is 45.1 Å². The first-order chi connectivity index (χ1) is 13.9. The van der Waals surface area contributed by atoms with E-state index in [1.807, 2.05) is 18.2 Å². The van der Waals surface area contributed by atoms with E-state index in [0.717, 1.165) is 17.7 Å². The minimum atomic E-state index is -0.420. The largest absolute Gasteiger partial charge is 0.326 e. The first-order valence-electron chi connectivity index (χ1n) is 9.96. The number of rotatable bonds is 6. The Morgan fingerprint density at radius 2 is 1.79 bits per heavy atom. The van der Waals surface area contributed by atoms with Crippen molar-refractivity contribution in [2.75, 3.05) is 22.1 Å². The van der Waals surface area contributed by atoms with Crippen LogP contribution in [0, 0.1) is 5.92 Å². The van der Waals surface area contributed by atoms with Crippen LogP contribution in [-0.2, 0) is 14.4 Å². The summed E-state index contributed by atoms with van der Waals surface area (Å²) in [6, 6.07) is 14.9. The highest BCUT2D eigenvalue weighted by atomic mass is 16.2. The zero-order chi connectivity index (χ0) is 21.0. The number of amides is 3. The molecule has 1 heterocycles. The van der Waals surface area contributed by atoms with Gasteiger partial charge < -0.3 is 15.5 Å². The van der Waals surface area contributed by atoms with Gasteiger partial charge in [0, 0.05) is 37.0 Å². The van der Waals surface area contributed by atoms with Gasteiger partial charge in [-0.1, -0.05) is 38.1 Å². The van der Waals surface area contributed by atoms with Gasteiger partial charge in [0.1, 0.15) is 0 Å². The lowest BCUT2D eigenvalue weighted by Gasteiger charge is -2.23. The second kappa shape index (κ2) is 8.90. The van der Waals surface area contributed by atoms with Crippen LogP contribution in [0.3, 0.4) is 0 Å². The van der Waals surface area contributed by atoms with Gasteiger partial charge in [0.25, 0.3) is 0 Å².